The maximum Gasteiger partial charge on any atom is 0.227 e. The highest BCUT2D eigenvalue weighted by molar-refractivity contribution is 5.82. The van der Waals surface area contributed by atoms with Gasteiger partial charge >= 0.3 is 0 Å². The summed E-state index contributed by atoms with van der Waals surface area (Å²) in [5.41, 5.74) is 0.302. The Morgan fingerprint density at radius 2 is 2.03 bits per heavy atom. The molecule has 9 heteroatoms. The molecule has 0 aliphatic carbocycles. The third-order valence-corrected chi connectivity index (χ3v) is 7.26. The van der Waals surface area contributed by atoms with Gasteiger partial charge in [0, 0.05) is 44.6 Å². The normalized spacial score (nSPS) is 25.2. The molecule has 0 saturated carbocycles. The number of halogens is 1. The number of piperidine rings is 1. The fourth-order valence-corrected chi connectivity index (χ4v) is 5.34. The van der Waals surface area contributed by atoms with Crippen molar-refractivity contribution in [2.24, 2.45) is 5.92 Å². The predicted octanol–water partition coefficient (Wildman–Crippen LogP) is 1.90. The molecule has 1 aromatic carbocycles. The lowest BCUT2D eigenvalue weighted by molar-refractivity contribution is -0.144. The molecule has 3 aliphatic heterocycles. The van der Waals surface area contributed by atoms with E-state index in [0.717, 1.165) is 18.4 Å². The van der Waals surface area contributed by atoms with Crippen LogP contribution >= 0.6 is 0 Å². The van der Waals surface area contributed by atoms with Crippen molar-refractivity contribution in [1.82, 2.24) is 15.1 Å². The molecule has 0 radical (unpaired) electrons. The van der Waals surface area contributed by atoms with Crippen molar-refractivity contribution in [3.63, 3.8) is 0 Å². The molecule has 4 rings (SSSR count). The molecule has 1 N–H and O–H groups in total. The van der Waals surface area contributed by atoms with Gasteiger partial charge in [0.05, 0.1) is 26.2 Å². The Labute approximate surface area is 199 Å². The molecule has 1 aromatic rings. The van der Waals surface area contributed by atoms with Gasteiger partial charge in [-0.1, -0.05) is 6.07 Å². The SMILES string of the molecule is COc1cc(CC2(CCC(=O)N3CCCC(C(=O)N4CCOCC4)C3)CCC(=O)N2)ccc1F. The van der Waals surface area contributed by atoms with E-state index in [2.05, 4.69) is 5.32 Å². The van der Waals surface area contributed by atoms with Crippen LogP contribution in [0.25, 0.3) is 0 Å². The highest BCUT2D eigenvalue weighted by atomic mass is 19.1. The Kier molecular flexibility index (Phi) is 7.70. The Balaban J connectivity index is 1.37. The van der Waals surface area contributed by atoms with Gasteiger partial charge < -0.3 is 24.6 Å². The van der Waals surface area contributed by atoms with E-state index in [1.165, 1.54) is 13.2 Å². The number of ether oxygens (including phenoxy) is 2. The summed E-state index contributed by atoms with van der Waals surface area (Å²) in [6.07, 6.45) is 3.92. The van der Waals surface area contributed by atoms with Crippen molar-refractivity contribution in [2.45, 2.75) is 50.5 Å². The Morgan fingerprint density at radius 3 is 2.74 bits per heavy atom. The van der Waals surface area contributed by atoms with Crippen LogP contribution in [0.3, 0.4) is 0 Å². The summed E-state index contributed by atoms with van der Waals surface area (Å²) >= 11 is 0. The molecule has 8 nitrogen and oxygen atoms in total. The first-order valence-corrected chi connectivity index (χ1v) is 12.2. The van der Waals surface area contributed by atoms with Crippen LogP contribution in [-0.4, -0.2) is 79.6 Å². The van der Waals surface area contributed by atoms with Crippen LogP contribution in [0.15, 0.2) is 18.2 Å². The topological polar surface area (TPSA) is 88.2 Å². The fraction of sp³-hybridized carbons (Fsp3) is 0.640. The number of methoxy groups -OCH3 is 1. The van der Waals surface area contributed by atoms with Crippen molar-refractivity contribution in [3.8, 4) is 5.75 Å². The van der Waals surface area contributed by atoms with Crippen molar-refractivity contribution < 1.29 is 28.2 Å². The minimum atomic E-state index is -0.547. The lowest BCUT2D eigenvalue weighted by Crippen LogP contribution is -2.50. The van der Waals surface area contributed by atoms with E-state index in [9.17, 15) is 18.8 Å². The van der Waals surface area contributed by atoms with Crippen LogP contribution < -0.4 is 10.1 Å². The van der Waals surface area contributed by atoms with Gasteiger partial charge in [0.15, 0.2) is 11.6 Å². The van der Waals surface area contributed by atoms with Crippen molar-refractivity contribution in [1.29, 1.82) is 0 Å². The summed E-state index contributed by atoms with van der Waals surface area (Å²) in [6.45, 7) is 3.45. The van der Waals surface area contributed by atoms with Gasteiger partial charge in [-0.05, 0) is 49.8 Å². The monoisotopic (exact) mass is 475 g/mol. The average molecular weight is 476 g/mol. The van der Waals surface area contributed by atoms with Crippen LogP contribution in [0, 0.1) is 11.7 Å². The molecular formula is C25H34FN3O5. The smallest absolute Gasteiger partial charge is 0.227 e. The minimum absolute atomic E-state index is 0.0108. The minimum Gasteiger partial charge on any atom is -0.494 e. The molecule has 3 aliphatic rings. The molecular weight excluding hydrogens is 441 g/mol. The van der Waals surface area contributed by atoms with Gasteiger partial charge in [0.25, 0.3) is 0 Å². The molecule has 186 valence electrons. The first kappa shape index (κ1) is 24.4. The maximum atomic E-state index is 13.8. The van der Waals surface area contributed by atoms with Gasteiger partial charge in [0.2, 0.25) is 17.7 Å². The Morgan fingerprint density at radius 1 is 1.24 bits per heavy atom. The van der Waals surface area contributed by atoms with E-state index >= 15 is 0 Å². The van der Waals surface area contributed by atoms with Gasteiger partial charge in [-0.25, -0.2) is 4.39 Å². The second kappa shape index (κ2) is 10.7. The summed E-state index contributed by atoms with van der Waals surface area (Å²) in [7, 11) is 1.42. The van der Waals surface area contributed by atoms with Crippen molar-refractivity contribution in [2.75, 3.05) is 46.5 Å². The number of benzene rings is 1. The first-order chi connectivity index (χ1) is 16.4. The summed E-state index contributed by atoms with van der Waals surface area (Å²) in [5.74, 6) is -0.338. The number of hydrogen-bond acceptors (Lipinski definition) is 5. The van der Waals surface area contributed by atoms with Gasteiger partial charge in [0.1, 0.15) is 0 Å². The van der Waals surface area contributed by atoms with Crippen molar-refractivity contribution >= 4 is 17.7 Å². The van der Waals surface area contributed by atoms with E-state index in [0.29, 0.717) is 65.1 Å². The molecule has 3 fully saturated rings. The predicted molar refractivity (Wildman–Crippen MR) is 123 cm³/mol. The standard InChI is InChI=1S/C25H34FN3O5/c1-33-21-15-18(4-5-20(21)26)16-25(8-6-22(30)27-25)9-7-23(31)29-10-2-3-19(17-29)24(32)28-11-13-34-14-12-28/h4-5,15,19H,2-3,6-14,16-17H2,1H3,(H,27,30). The largest absolute Gasteiger partial charge is 0.494 e. The van der Waals surface area contributed by atoms with E-state index in [1.54, 1.807) is 17.0 Å². The number of nitrogens with one attached hydrogen (secondary N) is 1. The van der Waals surface area contributed by atoms with Crippen LogP contribution in [0.2, 0.25) is 0 Å². The average Bonchev–Trinajstić information content (AvgIpc) is 3.24. The number of hydrogen-bond donors (Lipinski definition) is 1. The van der Waals surface area contributed by atoms with Gasteiger partial charge in [-0.15, -0.1) is 0 Å². The first-order valence-electron chi connectivity index (χ1n) is 12.2. The number of carbonyl (C=O) groups excluding carboxylic acids is 3. The zero-order valence-corrected chi connectivity index (χ0v) is 19.8. The molecule has 3 amide bonds. The van der Waals surface area contributed by atoms with Crippen LogP contribution in [0.1, 0.15) is 44.1 Å². The Bertz CT molecular complexity index is 920. The van der Waals surface area contributed by atoms with E-state index < -0.39 is 11.4 Å². The summed E-state index contributed by atoms with van der Waals surface area (Å²) in [5, 5.41) is 3.08. The second-order valence-corrected chi connectivity index (χ2v) is 9.59. The molecule has 3 saturated heterocycles. The molecule has 3 heterocycles. The molecule has 2 unspecified atom stereocenters. The Hall–Kier alpha value is -2.68. The van der Waals surface area contributed by atoms with Crippen LogP contribution in [-0.2, 0) is 25.5 Å². The number of morpholine rings is 1. The zero-order valence-electron chi connectivity index (χ0n) is 19.8. The molecule has 0 aromatic heterocycles. The molecule has 0 bridgehead atoms. The lowest BCUT2D eigenvalue weighted by atomic mass is 9.84. The van der Waals surface area contributed by atoms with Crippen molar-refractivity contribution in [3.05, 3.63) is 29.6 Å². The van der Waals surface area contributed by atoms with E-state index in [4.69, 9.17) is 9.47 Å². The fourth-order valence-electron chi connectivity index (χ4n) is 5.34. The van der Waals surface area contributed by atoms with E-state index in [-0.39, 0.29) is 35.8 Å². The number of rotatable bonds is 7. The molecule has 34 heavy (non-hydrogen) atoms. The number of likely N-dealkylation sites (tertiary alicyclic amines) is 1. The van der Waals surface area contributed by atoms with Crippen LogP contribution in [0.4, 0.5) is 4.39 Å². The van der Waals surface area contributed by atoms with Gasteiger partial charge in [-0.3, -0.25) is 14.4 Å². The third kappa shape index (κ3) is 5.68. The van der Waals surface area contributed by atoms with Gasteiger partial charge in [-0.2, -0.15) is 0 Å². The summed E-state index contributed by atoms with van der Waals surface area (Å²) in [4.78, 5) is 41.8. The van der Waals surface area contributed by atoms with Crippen LogP contribution in [0.5, 0.6) is 5.75 Å². The maximum absolute atomic E-state index is 13.8. The summed E-state index contributed by atoms with van der Waals surface area (Å²) in [6, 6.07) is 4.71. The number of nitrogens with zero attached hydrogens (tertiary/aromatic N) is 2. The number of carbonyl (C=O) groups is 3. The number of amides is 3. The highest BCUT2D eigenvalue weighted by Gasteiger charge is 2.39. The quantitative estimate of drug-likeness (QED) is 0.651. The third-order valence-electron chi connectivity index (χ3n) is 7.26. The lowest BCUT2D eigenvalue weighted by Gasteiger charge is -2.37. The molecule has 2 atom stereocenters. The molecule has 0 spiro atoms. The van der Waals surface area contributed by atoms with E-state index in [1.807, 2.05) is 4.90 Å². The summed E-state index contributed by atoms with van der Waals surface area (Å²) < 4.78 is 24.3. The zero-order chi connectivity index (χ0) is 24.1. The second-order valence-electron chi connectivity index (χ2n) is 9.59. The highest BCUT2D eigenvalue weighted by Crippen LogP contribution is 2.32.